The van der Waals surface area contributed by atoms with Gasteiger partial charge in [-0.25, -0.2) is 0 Å². The fourth-order valence-corrected chi connectivity index (χ4v) is 4.00. The van der Waals surface area contributed by atoms with E-state index in [2.05, 4.69) is 63.2 Å². The second-order valence-electron chi connectivity index (χ2n) is 5.27. The van der Waals surface area contributed by atoms with E-state index in [0.717, 1.165) is 0 Å². The molecule has 0 fully saturated rings. The van der Waals surface area contributed by atoms with Crippen LogP contribution in [0.4, 0.5) is 0 Å². The summed E-state index contributed by atoms with van der Waals surface area (Å²) in [5.74, 6) is 0. The SMILES string of the molecule is Cc1cc(C(Cl)c2ccc(C)c3ccccc23)sc1C. The van der Waals surface area contributed by atoms with Crippen molar-refractivity contribution in [2.75, 3.05) is 0 Å². The number of halogens is 1. The van der Waals surface area contributed by atoms with Crippen molar-refractivity contribution in [3.8, 4) is 0 Å². The molecule has 3 aromatic rings. The summed E-state index contributed by atoms with van der Waals surface area (Å²) in [6.45, 7) is 6.45. The predicted molar refractivity (Wildman–Crippen MR) is 90.2 cm³/mol. The van der Waals surface area contributed by atoms with Gasteiger partial charge in [0.2, 0.25) is 0 Å². The van der Waals surface area contributed by atoms with Gasteiger partial charge in [-0.3, -0.25) is 0 Å². The molecule has 0 aliphatic rings. The zero-order valence-corrected chi connectivity index (χ0v) is 13.5. The molecular formula is C18H17ClS. The smallest absolute Gasteiger partial charge is 0.0933 e. The Morgan fingerprint density at radius 3 is 2.25 bits per heavy atom. The number of hydrogen-bond acceptors (Lipinski definition) is 1. The average Bonchev–Trinajstić information content (AvgIpc) is 2.79. The topological polar surface area (TPSA) is 0 Å². The minimum absolute atomic E-state index is 0.0714. The predicted octanol–water partition coefficient (Wildman–Crippen LogP) is 6.15. The number of alkyl halides is 1. The second kappa shape index (κ2) is 5.23. The monoisotopic (exact) mass is 300 g/mol. The highest BCUT2D eigenvalue weighted by Crippen LogP contribution is 2.38. The Hall–Kier alpha value is -1.31. The highest BCUT2D eigenvalue weighted by molar-refractivity contribution is 7.12. The van der Waals surface area contributed by atoms with E-state index in [1.165, 1.54) is 37.2 Å². The highest BCUT2D eigenvalue weighted by atomic mass is 35.5. The summed E-state index contributed by atoms with van der Waals surface area (Å²) >= 11 is 8.56. The van der Waals surface area contributed by atoms with Crippen molar-refractivity contribution in [2.45, 2.75) is 26.1 Å². The maximum Gasteiger partial charge on any atom is 0.0933 e. The summed E-state index contributed by atoms with van der Waals surface area (Å²) in [5.41, 5.74) is 3.83. The molecule has 0 aliphatic heterocycles. The number of rotatable bonds is 2. The Labute approximate surface area is 129 Å². The van der Waals surface area contributed by atoms with E-state index in [1.54, 1.807) is 11.3 Å². The van der Waals surface area contributed by atoms with Crippen LogP contribution in [0.5, 0.6) is 0 Å². The lowest BCUT2D eigenvalue weighted by Gasteiger charge is -2.13. The van der Waals surface area contributed by atoms with Gasteiger partial charge in [0, 0.05) is 9.75 Å². The van der Waals surface area contributed by atoms with Crippen molar-refractivity contribution in [1.82, 2.24) is 0 Å². The van der Waals surface area contributed by atoms with Crippen molar-refractivity contribution in [1.29, 1.82) is 0 Å². The van der Waals surface area contributed by atoms with Gasteiger partial charge in [-0.15, -0.1) is 22.9 Å². The van der Waals surface area contributed by atoms with E-state index < -0.39 is 0 Å². The van der Waals surface area contributed by atoms with Crippen LogP contribution in [0.15, 0.2) is 42.5 Å². The summed E-state index contributed by atoms with van der Waals surface area (Å²) in [6, 6.07) is 15.1. The van der Waals surface area contributed by atoms with Gasteiger partial charge in [0.15, 0.2) is 0 Å². The van der Waals surface area contributed by atoms with Gasteiger partial charge < -0.3 is 0 Å². The lowest BCUT2D eigenvalue weighted by molar-refractivity contribution is 1.20. The van der Waals surface area contributed by atoms with Gasteiger partial charge in [-0.05, 0) is 54.3 Å². The van der Waals surface area contributed by atoms with Crippen LogP contribution in [0.25, 0.3) is 10.8 Å². The van der Waals surface area contributed by atoms with Crippen molar-refractivity contribution >= 4 is 33.7 Å². The van der Waals surface area contributed by atoms with Crippen LogP contribution in [0, 0.1) is 20.8 Å². The minimum atomic E-state index is -0.0714. The Kier molecular flexibility index (Phi) is 3.57. The molecule has 0 spiro atoms. The average molecular weight is 301 g/mol. The summed E-state index contributed by atoms with van der Waals surface area (Å²) in [7, 11) is 0. The molecule has 0 saturated carbocycles. The van der Waals surface area contributed by atoms with E-state index in [4.69, 9.17) is 11.6 Å². The Bertz CT molecular complexity index is 751. The molecule has 1 unspecified atom stereocenters. The Morgan fingerprint density at radius 1 is 0.900 bits per heavy atom. The van der Waals surface area contributed by atoms with Crippen molar-refractivity contribution in [3.63, 3.8) is 0 Å². The number of hydrogen-bond donors (Lipinski definition) is 0. The van der Waals surface area contributed by atoms with Crippen molar-refractivity contribution < 1.29 is 0 Å². The van der Waals surface area contributed by atoms with Gasteiger partial charge in [0.25, 0.3) is 0 Å². The molecule has 0 aliphatic carbocycles. The van der Waals surface area contributed by atoms with E-state index in [-0.39, 0.29) is 5.38 Å². The van der Waals surface area contributed by atoms with Gasteiger partial charge in [0.05, 0.1) is 5.38 Å². The summed E-state index contributed by atoms with van der Waals surface area (Å²) < 4.78 is 0. The Morgan fingerprint density at radius 2 is 1.60 bits per heavy atom. The number of aryl methyl sites for hydroxylation is 3. The number of benzene rings is 2. The zero-order chi connectivity index (χ0) is 14.3. The van der Waals surface area contributed by atoms with E-state index in [9.17, 15) is 0 Å². The fourth-order valence-electron chi connectivity index (χ4n) is 2.57. The molecule has 0 bridgehead atoms. The molecule has 0 radical (unpaired) electrons. The molecule has 1 atom stereocenters. The molecule has 1 heterocycles. The van der Waals surface area contributed by atoms with Crippen LogP contribution in [0.3, 0.4) is 0 Å². The van der Waals surface area contributed by atoms with Crippen LogP contribution < -0.4 is 0 Å². The summed E-state index contributed by atoms with van der Waals surface area (Å²) in [4.78, 5) is 2.58. The summed E-state index contributed by atoms with van der Waals surface area (Å²) in [5, 5.41) is 2.48. The summed E-state index contributed by atoms with van der Waals surface area (Å²) in [6.07, 6.45) is 0. The standard InChI is InChI=1S/C18H17ClS/c1-11-8-9-16(15-7-5-4-6-14(11)15)18(19)17-10-12(2)13(3)20-17/h4-10,18H,1-3H3. The first-order chi connectivity index (χ1) is 9.58. The van der Waals surface area contributed by atoms with E-state index in [0.29, 0.717) is 0 Å². The molecule has 2 heteroatoms. The van der Waals surface area contributed by atoms with Crippen LogP contribution in [-0.4, -0.2) is 0 Å². The number of fused-ring (bicyclic) bond motifs is 1. The van der Waals surface area contributed by atoms with Crippen LogP contribution >= 0.6 is 22.9 Å². The normalized spacial score (nSPS) is 12.8. The lowest BCUT2D eigenvalue weighted by Crippen LogP contribution is -1.93. The first-order valence-corrected chi connectivity index (χ1v) is 8.02. The van der Waals surface area contributed by atoms with Crippen LogP contribution in [0.2, 0.25) is 0 Å². The van der Waals surface area contributed by atoms with Gasteiger partial charge >= 0.3 is 0 Å². The third kappa shape index (κ3) is 2.25. The van der Waals surface area contributed by atoms with Gasteiger partial charge in [0.1, 0.15) is 0 Å². The van der Waals surface area contributed by atoms with Crippen molar-refractivity contribution in [2.24, 2.45) is 0 Å². The molecule has 0 amide bonds. The molecule has 0 N–H and O–H groups in total. The largest absolute Gasteiger partial charge is 0.143 e. The maximum absolute atomic E-state index is 6.76. The fraction of sp³-hybridized carbons (Fsp3) is 0.222. The lowest BCUT2D eigenvalue weighted by atomic mass is 9.97. The second-order valence-corrected chi connectivity index (χ2v) is 6.99. The minimum Gasteiger partial charge on any atom is -0.143 e. The van der Waals surface area contributed by atoms with Crippen LogP contribution in [0.1, 0.15) is 31.8 Å². The molecule has 1 aromatic heterocycles. The zero-order valence-electron chi connectivity index (χ0n) is 11.9. The molecule has 20 heavy (non-hydrogen) atoms. The third-order valence-corrected chi connectivity index (χ3v) is 5.70. The number of thiophene rings is 1. The van der Waals surface area contributed by atoms with Gasteiger partial charge in [-0.2, -0.15) is 0 Å². The molecule has 3 rings (SSSR count). The molecular weight excluding hydrogens is 284 g/mol. The molecule has 0 nitrogen and oxygen atoms in total. The highest BCUT2D eigenvalue weighted by Gasteiger charge is 2.17. The maximum atomic E-state index is 6.76. The molecule has 2 aromatic carbocycles. The van der Waals surface area contributed by atoms with Crippen molar-refractivity contribution in [3.05, 3.63) is 68.9 Å². The van der Waals surface area contributed by atoms with E-state index >= 15 is 0 Å². The first-order valence-electron chi connectivity index (χ1n) is 6.77. The van der Waals surface area contributed by atoms with Crippen LogP contribution in [-0.2, 0) is 0 Å². The van der Waals surface area contributed by atoms with E-state index in [1.807, 2.05) is 0 Å². The quantitative estimate of drug-likeness (QED) is 0.498. The third-order valence-electron chi connectivity index (χ3n) is 3.88. The first kappa shape index (κ1) is 13.7. The molecule has 0 saturated heterocycles. The van der Waals surface area contributed by atoms with Gasteiger partial charge in [-0.1, -0.05) is 36.4 Å². The Balaban J connectivity index is 2.17. The molecule has 102 valence electrons.